The van der Waals surface area contributed by atoms with Gasteiger partial charge in [-0.2, -0.15) is 0 Å². The summed E-state index contributed by atoms with van der Waals surface area (Å²) >= 11 is 0. The first kappa shape index (κ1) is 16.5. The Bertz CT molecular complexity index is 403. The minimum atomic E-state index is 0.0772. The highest BCUT2D eigenvalue weighted by atomic mass is 16.3. The van der Waals surface area contributed by atoms with Gasteiger partial charge < -0.3 is 10.4 Å². The molecule has 3 heteroatoms. The molecule has 1 aromatic carbocycles. The summed E-state index contributed by atoms with van der Waals surface area (Å²) in [6.07, 6.45) is 5.23. The molecule has 1 aliphatic carbocycles. The van der Waals surface area contributed by atoms with Crippen LogP contribution in [0, 0.1) is 0 Å². The molecule has 1 aromatic rings. The molecule has 1 unspecified atom stereocenters. The molecule has 0 spiro atoms. The van der Waals surface area contributed by atoms with Crippen molar-refractivity contribution in [3.8, 4) is 0 Å². The van der Waals surface area contributed by atoms with Gasteiger partial charge in [0.25, 0.3) is 0 Å². The molecule has 1 fully saturated rings. The lowest BCUT2D eigenvalue weighted by atomic mass is 9.81. The Morgan fingerprint density at radius 2 is 1.90 bits per heavy atom. The van der Waals surface area contributed by atoms with Crippen molar-refractivity contribution in [3.63, 3.8) is 0 Å². The van der Waals surface area contributed by atoms with Gasteiger partial charge in [0, 0.05) is 31.1 Å². The minimum absolute atomic E-state index is 0.0772. The summed E-state index contributed by atoms with van der Waals surface area (Å²) in [6, 6.07) is 11.4. The average Bonchev–Trinajstić information content (AvgIpc) is 3.02. The number of nitrogens with zero attached hydrogens (tertiary/aromatic N) is 1. The lowest BCUT2D eigenvalue weighted by Crippen LogP contribution is -2.48. The number of nitrogens with one attached hydrogen (secondary N) is 1. The van der Waals surface area contributed by atoms with Gasteiger partial charge in [-0.25, -0.2) is 0 Å². The Balaban J connectivity index is 2.16. The molecular formula is C18H30N2O. The van der Waals surface area contributed by atoms with Gasteiger partial charge >= 0.3 is 0 Å². The second-order valence-electron chi connectivity index (χ2n) is 6.59. The Hall–Kier alpha value is -0.900. The number of benzene rings is 1. The number of rotatable bonds is 8. The van der Waals surface area contributed by atoms with Gasteiger partial charge in [0.15, 0.2) is 0 Å². The summed E-state index contributed by atoms with van der Waals surface area (Å²) in [5.41, 5.74) is 1.45. The topological polar surface area (TPSA) is 35.5 Å². The first-order valence-corrected chi connectivity index (χ1v) is 8.24. The van der Waals surface area contributed by atoms with E-state index < -0.39 is 0 Å². The number of hydrogen-bond acceptors (Lipinski definition) is 3. The van der Waals surface area contributed by atoms with Crippen LogP contribution in [0.2, 0.25) is 0 Å². The van der Waals surface area contributed by atoms with E-state index in [9.17, 15) is 5.11 Å². The molecule has 21 heavy (non-hydrogen) atoms. The first-order chi connectivity index (χ1) is 10.2. The highest BCUT2D eigenvalue weighted by molar-refractivity contribution is 5.25. The Morgan fingerprint density at radius 1 is 1.24 bits per heavy atom. The summed E-state index contributed by atoms with van der Waals surface area (Å²) < 4.78 is 0. The van der Waals surface area contributed by atoms with Crippen LogP contribution in [0.4, 0.5) is 0 Å². The third kappa shape index (κ3) is 4.29. The monoisotopic (exact) mass is 290 g/mol. The van der Waals surface area contributed by atoms with Crippen LogP contribution in [0.1, 0.15) is 38.2 Å². The molecule has 2 N–H and O–H groups in total. The fourth-order valence-electron chi connectivity index (χ4n) is 3.72. The van der Waals surface area contributed by atoms with Crippen LogP contribution in [0.5, 0.6) is 0 Å². The summed E-state index contributed by atoms with van der Waals surface area (Å²) in [7, 11) is 2.02. The van der Waals surface area contributed by atoms with Gasteiger partial charge in [-0.1, -0.05) is 50.1 Å². The molecule has 1 saturated carbocycles. The average molecular weight is 290 g/mol. The van der Waals surface area contributed by atoms with Crippen molar-refractivity contribution in [3.05, 3.63) is 35.9 Å². The second-order valence-corrected chi connectivity index (χ2v) is 6.59. The molecular weight excluding hydrogens is 260 g/mol. The molecule has 0 radical (unpaired) electrons. The van der Waals surface area contributed by atoms with E-state index in [0.29, 0.717) is 6.04 Å². The fourth-order valence-corrected chi connectivity index (χ4v) is 3.72. The van der Waals surface area contributed by atoms with E-state index in [4.69, 9.17) is 0 Å². The van der Waals surface area contributed by atoms with Crippen molar-refractivity contribution in [1.29, 1.82) is 0 Å². The second kappa shape index (κ2) is 7.92. The standard InChI is InChI=1S/C18H30N2O/c1-18(14-19-2,16-8-4-3-5-9-16)15-20(12-13-21)17-10-6-7-11-17/h3-5,8-9,17,19,21H,6-7,10-15H2,1-2H3. The number of aliphatic hydroxyl groups is 1. The van der Waals surface area contributed by atoms with Crippen molar-refractivity contribution in [2.45, 2.75) is 44.1 Å². The van der Waals surface area contributed by atoms with E-state index in [1.54, 1.807) is 0 Å². The third-order valence-corrected chi connectivity index (χ3v) is 4.82. The van der Waals surface area contributed by atoms with E-state index in [2.05, 4.69) is 47.5 Å². The summed E-state index contributed by atoms with van der Waals surface area (Å²) in [4.78, 5) is 2.51. The molecule has 1 aliphatic rings. The molecule has 3 nitrogen and oxygen atoms in total. The maximum Gasteiger partial charge on any atom is 0.0558 e. The van der Waals surface area contributed by atoms with E-state index in [1.807, 2.05) is 7.05 Å². The van der Waals surface area contributed by atoms with Crippen LogP contribution in [-0.4, -0.2) is 49.3 Å². The fraction of sp³-hybridized carbons (Fsp3) is 0.667. The van der Waals surface area contributed by atoms with Crippen molar-refractivity contribution >= 4 is 0 Å². The van der Waals surface area contributed by atoms with Crippen LogP contribution < -0.4 is 5.32 Å². The number of likely N-dealkylation sites (N-methyl/N-ethyl adjacent to an activating group) is 1. The molecule has 2 rings (SSSR count). The Morgan fingerprint density at radius 3 is 2.48 bits per heavy atom. The predicted octanol–water partition coefficient (Wildman–Crippen LogP) is 2.40. The first-order valence-electron chi connectivity index (χ1n) is 8.24. The van der Waals surface area contributed by atoms with E-state index in [1.165, 1.54) is 31.2 Å². The SMILES string of the molecule is CNCC(C)(CN(CCO)C1CCCC1)c1ccccc1. The zero-order chi connectivity index (χ0) is 15.1. The maximum atomic E-state index is 9.44. The number of aliphatic hydroxyl groups excluding tert-OH is 1. The lowest BCUT2D eigenvalue weighted by Gasteiger charge is -2.39. The molecule has 118 valence electrons. The molecule has 0 aliphatic heterocycles. The van der Waals surface area contributed by atoms with Crippen LogP contribution >= 0.6 is 0 Å². The van der Waals surface area contributed by atoms with Crippen LogP contribution in [-0.2, 0) is 5.41 Å². The molecule has 1 atom stereocenters. The maximum absolute atomic E-state index is 9.44. The van der Waals surface area contributed by atoms with Gasteiger partial charge in [-0.3, -0.25) is 4.90 Å². The molecule has 0 bridgehead atoms. The van der Waals surface area contributed by atoms with Crippen LogP contribution in [0.25, 0.3) is 0 Å². The van der Waals surface area contributed by atoms with Crippen LogP contribution in [0.3, 0.4) is 0 Å². The smallest absolute Gasteiger partial charge is 0.0558 e. The van der Waals surface area contributed by atoms with Crippen molar-refractivity contribution in [2.24, 2.45) is 0 Å². The van der Waals surface area contributed by atoms with Crippen molar-refractivity contribution in [2.75, 3.05) is 33.3 Å². The third-order valence-electron chi connectivity index (χ3n) is 4.82. The molecule has 0 aromatic heterocycles. The van der Waals surface area contributed by atoms with Gasteiger partial charge in [0.2, 0.25) is 0 Å². The van der Waals surface area contributed by atoms with Gasteiger partial charge in [-0.05, 0) is 25.5 Å². The largest absolute Gasteiger partial charge is 0.395 e. The highest BCUT2D eigenvalue weighted by Crippen LogP contribution is 2.29. The highest BCUT2D eigenvalue weighted by Gasteiger charge is 2.32. The van der Waals surface area contributed by atoms with E-state index in [-0.39, 0.29) is 12.0 Å². The normalized spacial score (nSPS) is 19.0. The summed E-state index contributed by atoms with van der Waals surface area (Å²) in [5.74, 6) is 0. The zero-order valence-electron chi connectivity index (χ0n) is 13.5. The lowest BCUT2D eigenvalue weighted by molar-refractivity contribution is 0.123. The minimum Gasteiger partial charge on any atom is -0.395 e. The summed E-state index contributed by atoms with van der Waals surface area (Å²) in [6.45, 7) is 5.32. The zero-order valence-corrected chi connectivity index (χ0v) is 13.5. The quantitative estimate of drug-likeness (QED) is 0.772. The van der Waals surface area contributed by atoms with Gasteiger partial charge in [0.1, 0.15) is 0 Å². The van der Waals surface area contributed by atoms with Gasteiger partial charge in [-0.15, -0.1) is 0 Å². The molecule has 0 heterocycles. The Labute approximate surface area is 129 Å². The number of hydrogen-bond donors (Lipinski definition) is 2. The van der Waals surface area contributed by atoms with E-state index in [0.717, 1.165) is 19.6 Å². The molecule has 0 amide bonds. The Kier molecular flexibility index (Phi) is 6.22. The predicted molar refractivity (Wildman–Crippen MR) is 88.6 cm³/mol. The van der Waals surface area contributed by atoms with Crippen molar-refractivity contribution < 1.29 is 5.11 Å². The molecule has 0 saturated heterocycles. The van der Waals surface area contributed by atoms with Crippen molar-refractivity contribution in [1.82, 2.24) is 10.2 Å². The van der Waals surface area contributed by atoms with Crippen LogP contribution in [0.15, 0.2) is 30.3 Å². The van der Waals surface area contributed by atoms with Gasteiger partial charge in [0.05, 0.1) is 6.61 Å². The van der Waals surface area contributed by atoms with E-state index >= 15 is 0 Å². The summed E-state index contributed by atoms with van der Waals surface area (Å²) in [5, 5.41) is 12.8.